The van der Waals surface area contributed by atoms with Crippen LogP contribution in [-0.2, 0) is 0 Å². The molecule has 0 bridgehead atoms. The highest BCUT2D eigenvalue weighted by atomic mass is 32.2. The largest absolute Gasteiger partial charge is 0.478 e. The van der Waals surface area contributed by atoms with Crippen molar-refractivity contribution in [3.8, 4) is 0 Å². The van der Waals surface area contributed by atoms with Gasteiger partial charge in [0, 0.05) is 11.1 Å². The fraction of sp³-hybridized carbons (Fsp3) is 0. The Morgan fingerprint density at radius 3 is 2.69 bits per heavy atom. The Labute approximate surface area is 96.3 Å². The minimum Gasteiger partial charge on any atom is -0.478 e. The number of aromatic carboxylic acids is 1. The minimum absolute atomic E-state index is 0.276. The van der Waals surface area contributed by atoms with Gasteiger partial charge in [-0.15, -0.1) is 5.10 Å². The molecule has 0 radical (unpaired) electrons. The molecule has 0 aliphatic carbocycles. The normalized spacial score (nSPS) is 10.0. The molecule has 0 unspecified atom stereocenters. The zero-order chi connectivity index (χ0) is 11.4. The average Bonchev–Trinajstić information content (AvgIpc) is 2.31. The SMILES string of the molecule is O=C(O)c1ccccc1Sc1cccnn1. The second-order valence-corrected chi connectivity index (χ2v) is 4.03. The van der Waals surface area contributed by atoms with Crippen LogP contribution < -0.4 is 0 Å². The predicted octanol–water partition coefficient (Wildman–Crippen LogP) is 2.33. The predicted molar refractivity (Wildman–Crippen MR) is 59.6 cm³/mol. The zero-order valence-corrected chi connectivity index (χ0v) is 9.02. The van der Waals surface area contributed by atoms with Crippen molar-refractivity contribution in [1.29, 1.82) is 0 Å². The molecule has 0 amide bonds. The lowest BCUT2D eigenvalue weighted by atomic mass is 10.2. The van der Waals surface area contributed by atoms with Crippen molar-refractivity contribution in [1.82, 2.24) is 10.2 Å². The molecule has 80 valence electrons. The van der Waals surface area contributed by atoms with E-state index >= 15 is 0 Å². The van der Waals surface area contributed by atoms with Crippen molar-refractivity contribution in [3.05, 3.63) is 48.2 Å². The van der Waals surface area contributed by atoms with Crippen molar-refractivity contribution in [2.45, 2.75) is 9.92 Å². The first-order chi connectivity index (χ1) is 7.77. The highest BCUT2D eigenvalue weighted by Gasteiger charge is 2.10. The van der Waals surface area contributed by atoms with E-state index in [0.29, 0.717) is 9.92 Å². The summed E-state index contributed by atoms with van der Waals surface area (Å²) < 4.78 is 0. The molecule has 2 rings (SSSR count). The van der Waals surface area contributed by atoms with Crippen molar-refractivity contribution in [2.75, 3.05) is 0 Å². The lowest BCUT2D eigenvalue weighted by Gasteiger charge is -2.03. The number of carboxylic acid groups (broad SMARTS) is 1. The van der Waals surface area contributed by atoms with Crippen LogP contribution in [0.5, 0.6) is 0 Å². The number of hydrogen-bond donors (Lipinski definition) is 1. The van der Waals surface area contributed by atoms with Gasteiger partial charge >= 0.3 is 5.97 Å². The molecule has 0 spiro atoms. The summed E-state index contributed by atoms with van der Waals surface area (Å²) in [7, 11) is 0. The van der Waals surface area contributed by atoms with Gasteiger partial charge in [-0.2, -0.15) is 5.10 Å². The lowest BCUT2D eigenvalue weighted by molar-refractivity contribution is 0.0693. The number of carboxylic acids is 1. The molecule has 5 heteroatoms. The molecule has 2 aromatic rings. The fourth-order valence-electron chi connectivity index (χ4n) is 1.19. The molecular weight excluding hydrogens is 224 g/mol. The summed E-state index contributed by atoms with van der Waals surface area (Å²) in [6.07, 6.45) is 1.58. The summed E-state index contributed by atoms with van der Waals surface area (Å²) in [5.74, 6) is -0.938. The Kier molecular flexibility index (Phi) is 3.16. The van der Waals surface area contributed by atoms with E-state index in [2.05, 4.69) is 10.2 Å². The Hall–Kier alpha value is -1.88. The van der Waals surface area contributed by atoms with Gasteiger partial charge in [0.1, 0.15) is 5.03 Å². The van der Waals surface area contributed by atoms with Crippen molar-refractivity contribution in [3.63, 3.8) is 0 Å². The molecule has 0 aliphatic heterocycles. The molecule has 0 aliphatic rings. The molecular formula is C11H8N2O2S. The van der Waals surface area contributed by atoms with Gasteiger partial charge in [-0.3, -0.25) is 0 Å². The molecule has 1 aromatic carbocycles. The second kappa shape index (κ2) is 4.76. The minimum atomic E-state index is -0.938. The van der Waals surface area contributed by atoms with Crippen LogP contribution >= 0.6 is 11.8 Å². The topological polar surface area (TPSA) is 63.1 Å². The van der Waals surface area contributed by atoms with E-state index in [1.165, 1.54) is 11.8 Å². The number of nitrogens with zero attached hydrogens (tertiary/aromatic N) is 2. The third-order valence-corrected chi connectivity index (χ3v) is 2.88. The highest BCUT2D eigenvalue weighted by Crippen LogP contribution is 2.28. The molecule has 1 aromatic heterocycles. The van der Waals surface area contributed by atoms with Crippen LogP contribution in [0.4, 0.5) is 0 Å². The average molecular weight is 232 g/mol. The Morgan fingerprint density at radius 2 is 2.00 bits per heavy atom. The summed E-state index contributed by atoms with van der Waals surface area (Å²) in [6.45, 7) is 0. The van der Waals surface area contributed by atoms with Gasteiger partial charge in [-0.1, -0.05) is 23.9 Å². The number of aromatic nitrogens is 2. The van der Waals surface area contributed by atoms with Gasteiger partial charge in [-0.25, -0.2) is 4.79 Å². The molecule has 1 heterocycles. The Balaban J connectivity index is 2.31. The summed E-state index contributed by atoms with van der Waals surface area (Å²) in [5, 5.41) is 17.3. The van der Waals surface area contributed by atoms with Crippen molar-refractivity contribution in [2.24, 2.45) is 0 Å². The van der Waals surface area contributed by atoms with E-state index in [9.17, 15) is 4.79 Å². The van der Waals surface area contributed by atoms with Gasteiger partial charge < -0.3 is 5.11 Å². The first-order valence-electron chi connectivity index (χ1n) is 4.55. The Bertz CT molecular complexity index is 502. The fourth-order valence-corrected chi connectivity index (χ4v) is 2.06. The van der Waals surface area contributed by atoms with Crippen LogP contribution in [0.1, 0.15) is 10.4 Å². The van der Waals surface area contributed by atoms with E-state index in [0.717, 1.165) is 0 Å². The second-order valence-electron chi connectivity index (χ2n) is 2.97. The smallest absolute Gasteiger partial charge is 0.336 e. The summed E-state index contributed by atoms with van der Waals surface area (Å²) in [6, 6.07) is 10.4. The monoisotopic (exact) mass is 232 g/mol. The highest BCUT2D eigenvalue weighted by molar-refractivity contribution is 7.99. The van der Waals surface area contributed by atoms with Crippen molar-refractivity contribution >= 4 is 17.7 Å². The summed E-state index contributed by atoms with van der Waals surface area (Å²) >= 11 is 1.29. The van der Waals surface area contributed by atoms with E-state index in [4.69, 9.17) is 5.11 Å². The molecule has 0 atom stereocenters. The van der Waals surface area contributed by atoms with Crippen LogP contribution in [0.2, 0.25) is 0 Å². The van der Waals surface area contributed by atoms with E-state index in [1.807, 2.05) is 0 Å². The molecule has 0 fully saturated rings. The first-order valence-corrected chi connectivity index (χ1v) is 5.37. The zero-order valence-electron chi connectivity index (χ0n) is 8.20. The summed E-state index contributed by atoms with van der Waals surface area (Å²) in [4.78, 5) is 11.6. The molecule has 0 saturated carbocycles. The number of hydrogen-bond acceptors (Lipinski definition) is 4. The van der Waals surface area contributed by atoms with E-state index in [-0.39, 0.29) is 5.56 Å². The van der Waals surface area contributed by atoms with Crippen LogP contribution in [0.25, 0.3) is 0 Å². The maximum absolute atomic E-state index is 11.0. The van der Waals surface area contributed by atoms with Gasteiger partial charge in [0.05, 0.1) is 5.56 Å². The number of rotatable bonds is 3. The quantitative estimate of drug-likeness (QED) is 0.879. The van der Waals surface area contributed by atoms with Gasteiger partial charge in [-0.05, 0) is 24.3 Å². The maximum atomic E-state index is 11.0. The van der Waals surface area contributed by atoms with E-state index < -0.39 is 5.97 Å². The third kappa shape index (κ3) is 2.38. The Morgan fingerprint density at radius 1 is 1.19 bits per heavy atom. The standard InChI is InChI=1S/C11H8N2O2S/c14-11(15)8-4-1-2-5-9(8)16-10-6-3-7-12-13-10/h1-7H,(H,14,15). The third-order valence-electron chi connectivity index (χ3n) is 1.88. The number of benzene rings is 1. The van der Waals surface area contributed by atoms with Gasteiger partial charge in [0.15, 0.2) is 0 Å². The summed E-state index contributed by atoms with van der Waals surface area (Å²) in [5.41, 5.74) is 0.276. The van der Waals surface area contributed by atoms with Crippen LogP contribution in [-0.4, -0.2) is 21.3 Å². The van der Waals surface area contributed by atoms with Crippen LogP contribution in [0, 0.1) is 0 Å². The van der Waals surface area contributed by atoms with E-state index in [1.54, 1.807) is 42.6 Å². The lowest BCUT2D eigenvalue weighted by Crippen LogP contribution is -1.98. The molecule has 4 nitrogen and oxygen atoms in total. The van der Waals surface area contributed by atoms with Crippen molar-refractivity contribution < 1.29 is 9.90 Å². The first kappa shape index (κ1) is 10.6. The van der Waals surface area contributed by atoms with Crippen LogP contribution in [0.3, 0.4) is 0 Å². The van der Waals surface area contributed by atoms with Gasteiger partial charge in [0.2, 0.25) is 0 Å². The maximum Gasteiger partial charge on any atom is 0.336 e. The molecule has 1 N–H and O–H groups in total. The van der Waals surface area contributed by atoms with Crippen LogP contribution in [0.15, 0.2) is 52.5 Å². The van der Waals surface area contributed by atoms with Gasteiger partial charge in [0.25, 0.3) is 0 Å². The molecule has 16 heavy (non-hydrogen) atoms. The number of carbonyl (C=O) groups is 1. The molecule has 0 saturated heterocycles.